The Bertz CT molecular complexity index is 1010. The van der Waals surface area contributed by atoms with Gasteiger partial charge in [0.15, 0.2) is 5.76 Å². The first-order valence-electron chi connectivity index (χ1n) is 10.1. The quantitative estimate of drug-likeness (QED) is 0.578. The molecule has 1 fully saturated rings. The van der Waals surface area contributed by atoms with Gasteiger partial charge in [0.05, 0.1) is 19.4 Å². The molecule has 7 nitrogen and oxygen atoms in total. The largest absolute Gasteiger partial charge is 0.495 e. The van der Waals surface area contributed by atoms with E-state index in [1.165, 1.54) is 12.1 Å². The molecule has 2 heterocycles. The van der Waals surface area contributed by atoms with Gasteiger partial charge >= 0.3 is 0 Å². The molecule has 0 atom stereocenters. The van der Waals surface area contributed by atoms with Crippen LogP contribution in [0.2, 0.25) is 0 Å². The van der Waals surface area contributed by atoms with Crippen LogP contribution in [-0.4, -0.2) is 55.9 Å². The molecule has 0 bridgehead atoms. The number of anilines is 1. The van der Waals surface area contributed by atoms with E-state index < -0.39 is 0 Å². The molecule has 1 amide bonds. The summed E-state index contributed by atoms with van der Waals surface area (Å²) in [5.74, 6) is 0.992. The number of para-hydroxylation sites is 2. The zero-order valence-electron chi connectivity index (χ0n) is 17.3. The molecule has 1 aliphatic rings. The van der Waals surface area contributed by atoms with Crippen molar-refractivity contribution in [2.24, 2.45) is 0 Å². The molecule has 31 heavy (non-hydrogen) atoms. The van der Waals surface area contributed by atoms with E-state index in [9.17, 15) is 9.18 Å². The van der Waals surface area contributed by atoms with Gasteiger partial charge in [0, 0.05) is 37.8 Å². The number of carbonyl (C=O) groups is 1. The average molecular weight is 425 g/mol. The lowest BCUT2D eigenvalue weighted by Gasteiger charge is -2.36. The maximum absolute atomic E-state index is 13.0. The fourth-order valence-electron chi connectivity index (χ4n) is 3.55. The van der Waals surface area contributed by atoms with Crippen LogP contribution in [0, 0.1) is 5.82 Å². The minimum absolute atomic E-state index is 0.0204. The number of ether oxygens (including phenoxy) is 2. The number of nitrogens with zero attached hydrogens (tertiary/aromatic N) is 3. The number of methoxy groups -OCH3 is 1. The molecule has 0 radical (unpaired) electrons. The van der Waals surface area contributed by atoms with Crippen LogP contribution in [0.15, 0.2) is 59.1 Å². The van der Waals surface area contributed by atoms with Crippen molar-refractivity contribution in [2.75, 3.05) is 44.8 Å². The normalized spacial score (nSPS) is 14.0. The number of benzene rings is 2. The number of rotatable bonds is 7. The molecular weight excluding hydrogens is 401 g/mol. The average Bonchev–Trinajstić information content (AvgIpc) is 3.28. The molecule has 162 valence electrons. The Morgan fingerprint density at radius 1 is 1.10 bits per heavy atom. The summed E-state index contributed by atoms with van der Waals surface area (Å²) in [6, 6.07) is 15.6. The molecule has 1 aromatic heterocycles. The molecule has 0 unspecified atom stereocenters. The second-order valence-electron chi connectivity index (χ2n) is 7.22. The van der Waals surface area contributed by atoms with Crippen molar-refractivity contribution in [1.82, 2.24) is 10.1 Å². The number of aromatic nitrogens is 1. The minimum Gasteiger partial charge on any atom is -0.495 e. The van der Waals surface area contributed by atoms with E-state index in [1.54, 1.807) is 30.2 Å². The molecule has 0 N–H and O–H groups in total. The van der Waals surface area contributed by atoms with E-state index in [2.05, 4.69) is 10.1 Å². The van der Waals surface area contributed by atoms with E-state index in [4.69, 9.17) is 14.0 Å². The third-order valence-corrected chi connectivity index (χ3v) is 5.22. The van der Waals surface area contributed by atoms with Gasteiger partial charge in [-0.15, -0.1) is 0 Å². The van der Waals surface area contributed by atoms with Crippen molar-refractivity contribution in [1.29, 1.82) is 0 Å². The fourth-order valence-corrected chi connectivity index (χ4v) is 3.55. The van der Waals surface area contributed by atoms with Crippen LogP contribution in [-0.2, 0) is 16.1 Å². The molecule has 8 heteroatoms. The number of amides is 1. The van der Waals surface area contributed by atoms with Gasteiger partial charge in [-0.3, -0.25) is 4.79 Å². The number of hydrogen-bond acceptors (Lipinski definition) is 6. The van der Waals surface area contributed by atoms with E-state index in [-0.39, 0.29) is 24.9 Å². The van der Waals surface area contributed by atoms with Gasteiger partial charge in [-0.1, -0.05) is 17.3 Å². The number of halogens is 1. The highest BCUT2D eigenvalue weighted by Gasteiger charge is 2.23. The van der Waals surface area contributed by atoms with Gasteiger partial charge in [0.25, 0.3) is 0 Å². The van der Waals surface area contributed by atoms with Crippen molar-refractivity contribution in [3.05, 3.63) is 66.1 Å². The topological polar surface area (TPSA) is 68.0 Å². The molecule has 4 rings (SSSR count). The Morgan fingerprint density at radius 3 is 2.58 bits per heavy atom. The lowest BCUT2D eigenvalue weighted by molar-refractivity contribution is -0.136. The second kappa shape index (κ2) is 9.61. The standard InChI is InChI=1S/C23H24FN3O4/c1-29-21-5-3-2-4-20(21)26-10-12-27(13-11-26)23(28)16-30-15-19-14-22(31-25-19)17-6-8-18(24)9-7-17/h2-9,14H,10-13,15-16H2,1H3. The van der Waals surface area contributed by atoms with Crippen LogP contribution in [0.1, 0.15) is 5.69 Å². The van der Waals surface area contributed by atoms with Crippen LogP contribution in [0.5, 0.6) is 5.75 Å². The van der Waals surface area contributed by atoms with E-state index >= 15 is 0 Å². The van der Waals surface area contributed by atoms with Crippen LogP contribution in [0.3, 0.4) is 0 Å². The maximum Gasteiger partial charge on any atom is 0.248 e. The van der Waals surface area contributed by atoms with Crippen LogP contribution in [0.25, 0.3) is 11.3 Å². The number of carbonyl (C=O) groups excluding carboxylic acids is 1. The first-order chi connectivity index (χ1) is 15.1. The summed E-state index contributed by atoms with van der Waals surface area (Å²) in [7, 11) is 1.66. The highest BCUT2D eigenvalue weighted by atomic mass is 19.1. The summed E-state index contributed by atoms with van der Waals surface area (Å²) in [6.07, 6.45) is 0. The second-order valence-corrected chi connectivity index (χ2v) is 7.22. The molecule has 1 aliphatic heterocycles. The Morgan fingerprint density at radius 2 is 1.84 bits per heavy atom. The van der Waals surface area contributed by atoms with Gasteiger partial charge in [0.1, 0.15) is 23.9 Å². The van der Waals surface area contributed by atoms with Gasteiger partial charge in [0.2, 0.25) is 5.91 Å². The van der Waals surface area contributed by atoms with Crippen LogP contribution >= 0.6 is 0 Å². The summed E-state index contributed by atoms with van der Waals surface area (Å²) in [5.41, 5.74) is 2.34. The molecule has 0 spiro atoms. The van der Waals surface area contributed by atoms with Crippen molar-refractivity contribution < 1.29 is 23.2 Å². The van der Waals surface area contributed by atoms with Crippen molar-refractivity contribution >= 4 is 11.6 Å². The monoisotopic (exact) mass is 425 g/mol. The lowest BCUT2D eigenvalue weighted by Crippen LogP contribution is -2.49. The third kappa shape index (κ3) is 5.03. The Hall–Kier alpha value is -3.39. The molecular formula is C23H24FN3O4. The summed E-state index contributed by atoms with van der Waals surface area (Å²) in [4.78, 5) is 16.5. The van der Waals surface area contributed by atoms with Crippen molar-refractivity contribution in [3.63, 3.8) is 0 Å². The Labute approximate surface area is 179 Å². The smallest absolute Gasteiger partial charge is 0.248 e. The molecule has 2 aromatic carbocycles. The van der Waals surface area contributed by atoms with E-state index in [1.807, 2.05) is 24.3 Å². The zero-order chi connectivity index (χ0) is 21.6. The lowest BCUT2D eigenvalue weighted by atomic mass is 10.1. The molecule has 1 saturated heterocycles. The van der Waals surface area contributed by atoms with Crippen molar-refractivity contribution in [2.45, 2.75) is 6.61 Å². The van der Waals surface area contributed by atoms with Crippen LogP contribution in [0.4, 0.5) is 10.1 Å². The summed E-state index contributed by atoms with van der Waals surface area (Å²) < 4.78 is 29.3. The first kappa shape index (κ1) is 20.9. The van der Waals surface area contributed by atoms with Gasteiger partial charge < -0.3 is 23.8 Å². The Kier molecular flexibility index (Phi) is 6.47. The minimum atomic E-state index is -0.311. The fraction of sp³-hybridized carbons (Fsp3) is 0.304. The molecule has 0 aliphatic carbocycles. The maximum atomic E-state index is 13.0. The van der Waals surface area contributed by atoms with Gasteiger partial charge in [-0.2, -0.15) is 0 Å². The predicted molar refractivity (Wildman–Crippen MR) is 113 cm³/mol. The van der Waals surface area contributed by atoms with E-state index in [0.717, 1.165) is 30.1 Å². The summed E-state index contributed by atoms with van der Waals surface area (Å²) in [6.45, 7) is 2.86. The van der Waals surface area contributed by atoms with Crippen molar-refractivity contribution in [3.8, 4) is 17.1 Å². The SMILES string of the molecule is COc1ccccc1N1CCN(C(=O)COCc2cc(-c3ccc(F)cc3)on2)CC1. The summed E-state index contributed by atoms with van der Waals surface area (Å²) in [5, 5.41) is 3.95. The first-order valence-corrected chi connectivity index (χ1v) is 10.1. The van der Waals surface area contributed by atoms with Crippen LogP contribution < -0.4 is 9.64 Å². The highest BCUT2D eigenvalue weighted by Crippen LogP contribution is 2.28. The number of piperazine rings is 1. The Balaban J connectivity index is 1.23. The van der Waals surface area contributed by atoms with Gasteiger partial charge in [-0.05, 0) is 36.4 Å². The molecule has 0 saturated carbocycles. The zero-order valence-corrected chi connectivity index (χ0v) is 17.3. The van der Waals surface area contributed by atoms with Gasteiger partial charge in [-0.25, -0.2) is 4.39 Å². The number of hydrogen-bond donors (Lipinski definition) is 0. The highest BCUT2D eigenvalue weighted by molar-refractivity contribution is 5.78. The molecule has 3 aromatic rings. The predicted octanol–water partition coefficient (Wildman–Crippen LogP) is 3.35. The summed E-state index contributed by atoms with van der Waals surface area (Å²) >= 11 is 0. The van der Waals surface area contributed by atoms with E-state index in [0.29, 0.717) is 24.5 Å². The third-order valence-electron chi connectivity index (χ3n) is 5.22.